The lowest BCUT2D eigenvalue weighted by atomic mass is 10.1. The Morgan fingerprint density at radius 2 is 1.96 bits per heavy atom. The zero-order chi connectivity index (χ0) is 17.9. The van der Waals surface area contributed by atoms with Crippen LogP contribution in [0.25, 0.3) is 0 Å². The van der Waals surface area contributed by atoms with E-state index in [4.69, 9.17) is 10.7 Å². The highest BCUT2D eigenvalue weighted by molar-refractivity contribution is 5.75. The number of hydrogen-bond acceptors (Lipinski definition) is 6. The van der Waals surface area contributed by atoms with Crippen molar-refractivity contribution in [1.82, 2.24) is 14.9 Å². The monoisotopic (exact) mass is 352 g/mol. The summed E-state index contributed by atoms with van der Waals surface area (Å²) >= 11 is 0. The Morgan fingerprint density at radius 1 is 1.19 bits per heavy atom. The van der Waals surface area contributed by atoms with Crippen LogP contribution in [0.1, 0.15) is 18.5 Å². The molecule has 0 atom stereocenters. The van der Waals surface area contributed by atoms with Gasteiger partial charge in [-0.3, -0.25) is 9.69 Å². The molecule has 7 nitrogen and oxygen atoms in total. The summed E-state index contributed by atoms with van der Waals surface area (Å²) in [6.07, 6.45) is 4.78. The van der Waals surface area contributed by atoms with Gasteiger partial charge in [0, 0.05) is 37.8 Å². The van der Waals surface area contributed by atoms with Crippen LogP contribution >= 0.6 is 0 Å². The van der Waals surface area contributed by atoms with Crippen molar-refractivity contribution in [3.05, 3.63) is 42.2 Å². The highest BCUT2D eigenvalue weighted by Crippen LogP contribution is 2.33. The molecule has 1 aromatic heterocycles. The van der Waals surface area contributed by atoms with Gasteiger partial charge in [0.15, 0.2) is 0 Å². The van der Waals surface area contributed by atoms with E-state index < -0.39 is 0 Å². The molecule has 0 aliphatic carbocycles. The van der Waals surface area contributed by atoms with Gasteiger partial charge >= 0.3 is 0 Å². The van der Waals surface area contributed by atoms with E-state index in [1.807, 2.05) is 12.3 Å². The SMILES string of the molecule is NC(=O)CN1CCC(Nc2ncc3c(n2)CCN3c2ccccc2)CC1. The molecule has 2 aromatic rings. The maximum atomic E-state index is 11.0. The van der Waals surface area contributed by atoms with Gasteiger partial charge in [-0.05, 0) is 25.0 Å². The number of aromatic nitrogens is 2. The number of benzene rings is 1. The second kappa shape index (κ2) is 7.29. The highest BCUT2D eigenvalue weighted by atomic mass is 16.1. The first-order valence-electron chi connectivity index (χ1n) is 9.15. The minimum Gasteiger partial charge on any atom is -0.369 e. The Morgan fingerprint density at radius 3 is 2.69 bits per heavy atom. The molecule has 1 amide bonds. The molecule has 26 heavy (non-hydrogen) atoms. The molecule has 7 heteroatoms. The van der Waals surface area contributed by atoms with Crippen LogP contribution in [-0.4, -0.2) is 53.0 Å². The Kier molecular flexibility index (Phi) is 4.71. The van der Waals surface area contributed by atoms with Crippen molar-refractivity contribution in [2.75, 3.05) is 36.4 Å². The molecule has 0 bridgehead atoms. The molecular weight excluding hydrogens is 328 g/mol. The highest BCUT2D eigenvalue weighted by Gasteiger charge is 2.24. The number of carbonyl (C=O) groups is 1. The number of rotatable bonds is 5. The predicted molar refractivity (Wildman–Crippen MR) is 101 cm³/mol. The van der Waals surface area contributed by atoms with Crippen LogP contribution in [-0.2, 0) is 11.2 Å². The summed E-state index contributed by atoms with van der Waals surface area (Å²) in [5.41, 5.74) is 8.64. The Labute approximate surface area is 153 Å². The first-order chi connectivity index (χ1) is 12.7. The van der Waals surface area contributed by atoms with Gasteiger partial charge in [-0.25, -0.2) is 9.97 Å². The normalized spacial score (nSPS) is 17.9. The van der Waals surface area contributed by atoms with Crippen molar-refractivity contribution in [2.24, 2.45) is 5.73 Å². The van der Waals surface area contributed by atoms with E-state index in [1.54, 1.807) is 0 Å². The summed E-state index contributed by atoms with van der Waals surface area (Å²) in [4.78, 5) is 24.7. The van der Waals surface area contributed by atoms with Gasteiger partial charge in [-0.15, -0.1) is 0 Å². The largest absolute Gasteiger partial charge is 0.369 e. The Hall–Kier alpha value is -2.67. The summed E-state index contributed by atoms with van der Waals surface area (Å²) < 4.78 is 0. The molecule has 0 spiro atoms. The lowest BCUT2D eigenvalue weighted by Crippen LogP contribution is -2.43. The Bertz CT molecular complexity index is 773. The van der Waals surface area contributed by atoms with E-state index in [0.717, 1.165) is 50.3 Å². The number of para-hydroxylation sites is 1. The van der Waals surface area contributed by atoms with Crippen LogP contribution < -0.4 is 16.0 Å². The van der Waals surface area contributed by atoms with Crippen molar-refractivity contribution < 1.29 is 4.79 Å². The molecule has 2 aliphatic rings. The minimum absolute atomic E-state index is 0.263. The maximum absolute atomic E-state index is 11.0. The molecule has 1 aromatic carbocycles. The van der Waals surface area contributed by atoms with E-state index in [2.05, 4.69) is 44.4 Å². The average molecular weight is 352 g/mol. The van der Waals surface area contributed by atoms with E-state index >= 15 is 0 Å². The number of nitrogens with two attached hydrogens (primary N) is 1. The third kappa shape index (κ3) is 3.62. The third-order valence-electron chi connectivity index (χ3n) is 5.08. The summed E-state index contributed by atoms with van der Waals surface area (Å²) in [5.74, 6) is 0.438. The number of primary amides is 1. The van der Waals surface area contributed by atoms with Crippen molar-refractivity contribution in [3.63, 3.8) is 0 Å². The summed E-state index contributed by atoms with van der Waals surface area (Å²) in [6, 6.07) is 10.7. The van der Waals surface area contributed by atoms with Crippen LogP contribution in [0.15, 0.2) is 36.5 Å². The number of likely N-dealkylation sites (tertiary alicyclic amines) is 1. The molecule has 3 heterocycles. The number of piperidine rings is 1. The number of hydrogen-bond donors (Lipinski definition) is 2. The van der Waals surface area contributed by atoms with E-state index in [9.17, 15) is 4.79 Å². The lowest BCUT2D eigenvalue weighted by Gasteiger charge is -2.31. The maximum Gasteiger partial charge on any atom is 0.231 e. The smallest absolute Gasteiger partial charge is 0.231 e. The van der Waals surface area contributed by atoms with Crippen LogP contribution in [0, 0.1) is 0 Å². The van der Waals surface area contributed by atoms with Crippen molar-refractivity contribution in [3.8, 4) is 0 Å². The van der Waals surface area contributed by atoms with Crippen LogP contribution in [0.5, 0.6) is 0 Å². The number of anilines is 3. The van der Waals surface area contributed by atoms with E-state index in [1.165, 1.54) is 5.69 Å². The fraction of sp³-hybridized carbons (Fsp3) is 0.421. The number of carbonyl (C=O) groups excluding carboxylic acids is 1. The number of nitrogens with zero attached hydrogens (tertiary/aromatic N) is 4. The van der Waals surface area contributed by atoms with Crippen molar-refractivity contribution in [2.45, 2.75) is 25.3 Å². The quantitative estimate of drug-likeness (QED) is 0.849. The zero-order valence-corrected chi connectivity index (χ0v) is 14.8. The fourth-order valence-corrected chi connectivity index (χ4v) is 3.74. The lowest BCUT2D eigenvalue weighted by molar-refractivity contribution is -0.119. The minimum atomic E-state index is -0.263. The van der Waals surface area contributed by atoms with Gasteiger partial charge in [0.2, 0.25) is 11.9 Å². The summed E-state index contributed by atoms with van der Waals surface area (Å²) in [6.45, 7) is 3.01. The molecule has 4 rings (SSSR count). The Balaban J connectivity index is 1.39. The molecule has 0 saturated carbocycles. The third-order valence-corrected chi connectivity index (χ3v) is 5.08. The molecule has 0 radical (unpaired) electrons. The molecule has 2 aliphatic heterocycles. The number of fused-ring (bicyclic) bond motifs is 1. The molecular formula is C19H24N6O. The second-order valence-electron chi connectivity index (χ2n) is 6.92. The second-order valence-corrected chi connectivity index (χ2v) is 6.92. The average Bonchev–Trinajstić information content (AvgIpc) is 3.07. The van der Waals surface area contributed by atoms with Gasteiger partial charge in [-0.1, -0.05) is 18.2 Å². The standard InChI is InChI=1S/C19H24N6O/c20-18(26)13-24-9-6-14(7-10-24)22-19-21-12-17-16(23-19)8-11-25(17)15-4-2-1-3-5-15/h1-5,12,14H,6-11,13H2,(H2,20,26)(H,21,22,23). The van der Waals surface area contributed by atoms with Crippen LogP contribution in [0.4, 0.5) is 17.3 Å². The molecule has 3 N–H and O–H groups in total. The fourth-order valence-electron chi connectivity index (χ4n) is 3.74. The van der Waals surface area contributed by atoms with Gasteiger partial charge in [0.25, 0.3) is 0 Å². The predicted octanol–water partition coefficient (Wildman–Crippen LogP) is 1.53. The first kappa shape index (κ1) is 16.8. The van der Waals surface area contributed by atoms with Gasteiger partial charge < -0.3 is 16.0 Å². The van der Waals surface area contributed by atoms with E-state index in [0.29, 0.717) is 18.5 Å². The van der Waals surface area contributed by atoms with Crippen LogP contribution in [0.3, 0.4) is 0 Å². The van der Waals surface area contributed by atoms with Gasteiger partial charge in [0.05, 0.1) is 24.1 Å². The van der Waals surface area contributed by atoms with E-state index in [-0.39, 0.29) is 5.91 Å². The molecule has 0 unspecified atom stereocenters. The number of amides is 1. The van der Waals surface area contributed by atoms with Gasteiger partial charge in [0.1, 0.15) is 0 Å². The number of nitrogens with one attached hydrogen (secondary N) is 1. The summed E-state index contributed by atoms with van der Waals surface area (Å²) in [7, 11) is 0. The molecule has 1 saturated heterocycles. The van der Waals surface area contributed by atoms with Crippen molar-refractivity contribution in [1.29, 1.82) is 0 Å². The van der Waals surface area contributed by atoms with Crippen LogP contribution in [0.2, 0.25) is 0 Å². The first-order valence-corrected chi connectivity index (χ1v) is 9.15. The van der Waals surface area contributed by atoms with Crippen molar-refractivity contribution >= 4 is 23.2 Å². The summed E-state index contributed by atoms with van der Waals surface area (Å²) in [5, 5.41) is 3.46. The molecule has 1 fully saturated rings. The zero-order valence-electron chi connectivity index (χ0n) is 14.8. The topological polar surface area (TPSA) is 87.4 Å². The molecule has 136 valence electrons. The van der Waals surface area contributed by atoms with Gasteiger partial charge in [-0.2, -0.15) is 0 Å².